The molecule has 7 nitrogen and oxygen atoms in total. The Bertz CT molecular complexity index is 352. The van der Waals surface area contributed by atoms with Crippen LogP contribution in [0.15, 0.2) is 0 Å². The molecule has 0 spiro atoms. The van der Waals surface area contributed by atoms with Crippen LogP contribution in [0.5, 0.6) is 0 Å². The zero-order valence-electron chi connectivity index (χ0n) is 10.6. The van der Waals surface area contributed by atoms with Crippen molar-refractivity contribution in [3.63, 3.8) is 0 Å². The number of hydrogen-bond acceptors (Lipinski definition) is 6. The summed E-state index contributed by atoms with van der Waals surface area (Å²) >= 11 is 0. The summed E-state index contributed by atoms with van der Waals surface area (Å²) in [7, 11) is 1.39. The number of aryl methyl sites for hydroxylation is 1. The van der Waals surface area contributed by atoms with Crippen LogP contribution in [0.3, 0.4) is 0 Å². The minimum absolute atomic E-state index is 0.249. The minimum Gasteiger partial charge on any atom is -0.468 e. The second kappa shape index (κ2) is 6.95. The van der Waals surface area contributed by atoms with Gasteiger partial charge in [0, 0.05) is 6.54 Å². The third-order valence-corrected chi connectivity index (χ3v) is 2.43. The Morgan fingerprint density at radius 1 is 1.47 bits per heavy atom. The van der Waals surface area contributed by atoms with Gasteiger partial charge in [0.25, 0.3) is 0 Å². The van der Waals surface area contributed by atoms with Gasteiger partial charge in [-0.2, -0.15) is 0 Å². The highest BCUT2D eigenvalue weighted by Crippen LogP contribution is 2.01. The summed E-state index contributed by atoms with van der Waals surface area (Å²) in [6.07, 6.45) is 0.973. The topological polar surface area (TPSA) is 73.1 Å². The molecule has 7 heteroatoms. The lowest BCUT2D eigenvalue weighted by molar-refractivity contribution is -0.142. The first-order valence-corrected chi connectivity index (χ1v) is 5.75. The number of tetrazole rings is 1. The first-order valence-electron chi connectivity index (χ1n) is 5.75. The molecule has 0 aliphatic heterocycles. The molecule has 96 valence electrons. The van der Waals surface area contributed by atoms with Crippen LogP contribution in [0.1, 0.15) is 26.1 Å². The number of nitrogens with zero attached hydrogens (tertiary/aromatic N) is 5. The van der Waals surface area contributed by atoms with E-state index in [9.17, 15) is 4.79 Å². The predicted octanol–water partition coefficient (Wildman–Crippen LogP) is 0.0780. The molecule has 1 aromatic rings. The first-order chi connectivity index (χ1) is 8.21. The van der Waals surface area contributed by atoms with E-state index >= 15 is 0 Å². The molecule has 1 aromatic heterocycles. The highest BCUT2D eigenvalue weighted by atomic mass is 16.5. The summed E-state index contributed by atoms with van der Waals surface area (Å²) < 4.78 is 6.40. The molecule has 0 unspecified atom stereocenters. The van der Waals surface area contributed by atoms with Crippen molar-refractivity contribution in [2.45, 2.75) is 33.4 Å². The highest BCUT2D eigenvalue weighted by molar-refractivity contribution is 5.71. The standard InChI is InChI=1S/C10H19N5O2/c1-4-6-15-9(11-12-13-15)7-14(5-2)8-10(16)17-3/h4-8H2,1-3H3. The normalized spacial score (nSPS) is 10.8. The molecule has 0 saturated carbocycles. The van der Waals surface area contributed by atoms with Crippen molar-refractivity contribution in [3.8, 4) is 0 Å². The van der Waals surface area contributed by atoms with Gasteiger partial charge in [-0.05, 0) is 23.4 Å². The van der Waals surface area contributed by atoms with Crippen molar-refractivity contribution in [3.05, 3.63) is 5.82 Å². The molecule has 0 bridgehead atoms. The van der Waals surface area contributed by atoms with Crippen molar-refractivity contribution in [2.75, 3.05) is 20.2 Å². The Labute approximate surface area is 101 Å². The SMILES string of the molecule is CCCn1nnnc1CN(CC)CC(=O)OC. The second-order valence-corrected chi connectivity index (χ2v) is 3.70. The average molecular weight is 241 g/mol. The van der Waals surface area contributed by atoms with Crippen molar-refractivity contribution in [1.82, 2.24) is 25.1 Å². The molecule has 0 N–H and O–H groups in total. The smallest absolute Gasteiger partial charge is 0.319 e. The van der Waals surface area contributed by atoms with E-state index in [0.29, 0.717) is 6.54 Å². The molecule has 0 aromatic carbocycles. The Morgan fingerprint density at radius 3 is 2.82 bits per heavy atom. The van der Waals surface area contributed by atoms with Gasteiger partial charge in [-0.25, -0.2) is 4.68 Å². The van der Waals surface area contributed by atoms with Crippen LogP contribution in [0.4, 0.5) is 0 Å². The van der Waals surface area contributed by atoms with Gasteiger partial charge in [0.2, 0.25) is 0 Å². The zero-order chi connectivity index (χ0) is 12.7. The van der Waals surface area contributed by atoms with E-state index in [0.717, 1.165) is 25.3 Å². The molecular formula is C10H19N5O2. The maximum atomic E-state index is 11.2. The lowest BCUT2D eigenvalue weighted by Crippen LogP contribution is -2.31. The molecule has 0 radical (unpaired) electrons. The number of esters is 1. The second-order valence-electron chi connectivity index (χ2n) is 3.70. The van der Waals surface area contributed by atoms with E-state index in [4.69, 9.17) is 0 Å². The van der Waals surface area contributed by atoms with Crippen molar-refractivity contribution in [2.24, 2.45) is 0 Å². The summed E-state index contributed by atoms with van der Waals surface area (Å²) in [6.45, 7) is 6.39. The quantitative estimate of drug-likeness (QED) is 0.629. The van der Waals surface area contributed by atoms with Crippen LogP contribution in [0, 0.1) is 0 Å². The van der Waals surface area contributed by atoms with Crippen molar-refractivity contribution < 1.29 is 9.53 Å². The van der Waals surface area contributed by atoms with Crippen LogP contribution < -0.4 is 0 Å². The molecule has 0 aliphatic carbocycles. The van der Waals surface area contributed by atoms with Gasteiger partial charge < -0.3 is 4.74 Å². The van der Waals surface area contributed by atoms with Crippen molar-refractivity contribution >= 4 is 5.97 Å². The summed E-state index contributed by atoms with van der Waals surface area (Å²) in [6, 6.07) is 0. The number of likely N-dealkylation sites (N-methyl/N-ethyl adjacent to an activating group) is 1. The Balaban J connectivity index is 2.60. The van der Waals surface area contributed by atoms with E-state index in [1.165, 1.54) is 7.11 Å². The van der Waals surface area contributed by atoms with Crippen LogP contribution in [0.2, 0.25) is 0 Å². The maximum Gasteiger partial charge on any atom is 0.319 e. The number of carbonyl (C=O) groups is 1. The molecule has 0 atom stereocenters. The third-order valence-electron chi connectivity index (χ3n) is 2.43. The molecule has 0 amide bonds. The largest absolute Gasteiger partial charge is 0.468 e. The molecule has 17 heavy (non-hydrogen) atoms. The van der Waals surface area contributed by atoms with Gasteiger partial charge in [0.15, 0.2) is 5.82 Å². The van der Waals surface area contributed by atoms with Crippen molar-refractivity contribution in [1.29, 1.82) is 0 Å². The Morgan fingerprint density at radius 2 is 2.24 bits per heavy atom. The molecule has 0 saturated heterocycles. The number of methoxy groups -OCH3 is 1. The number of aromatic nitrogens is 4. The van der Waals surface area contributed by atoms with E-state index in [1.54, 1.807) is 4.68 Å². The number of carbonyl (C=O) groups excluding carboxylic acids is 1. The Hall–Kier alpha value is -1.50. The van der Waals surface area contributed by atoms with E-state index < -0.39 is 0 Å². The van der Waals surface area contributed by atoms with Gasteiger partial charge in [-0.1, -0.05) is 13.8 Å². The maximum absolute atomic E-state index is 11.2. The average Bonchev–Trinajstić information content (AvgIpc) is 2.76. The predicted molar refractivity (Wildman–Crippen MR) is 61.1 cm³/mol. The number of rotatable bonds is 7. The lowest BCUT2D eigenvalue weighted by atomic mass is 10.4. The van der Waals surface area contributed by atoms with Gasteiger partial charge in [-0.15, -0.1) is 5.10 Å². The lowest BCUT2D eigenvalue weighted by Gasteiger charge is -2.17. The molecular weight excluding hydrogens is 222 g/mol. The Kier molecular flexibility index (Phi) is 5.55. The first kappa shape index (κ1) is 13.6. The summed E-state index contributed by atoms with van der Waals surface area (Å²) in [4.78, 5) is 13.1. The van der Waals surface area contributed by atoms with E-state index in [2.05, 4.69) is 27.2 Å². The number of hydrogen-bond donors (Lipinski definition) is 0. The summed E-state index contributed by atoms with van der Waals surface area (Å²) in [5, 5.41) is 11.5. The molecule has 0 aliphatic rings. The van der Waals surface area contributed by atoms with Crippen LogP contribution >= 0.6 is 0 Å². The molecule has 0 fully saturated rings. The van der Waals surface area contributed by atoms with E-state index in [-0.39, 0.29) is 12.5 Å². The van der Waals surface area contributed by atoms with Gasteiger partial charge >= 0.3 is 5.97 Å². The van der Waals surface area contributed by atoms with Crippen LogP contribution in [0.25, 0.3) is 0 Å². The van der Waals surface area contributed by atoms with E-state index in [1.807, 2.05) is 11.8 Å². The van der Waals surface area contributed by atoms with Gasteiger partial charge in [-0.3, -0.25) is 9.69 Å². The monoisotopic (exact) mass is 241 g/mol. The fourth-order valence-corrected chi connectivity index (χ4v) is 1.45. The number of ether oxygens (including phenoxy) is 1. The summed E-state index contributed by atoms with van der Waals surface area (Å²) in [5.41, 5.74) is 0. The molecule has 1 heterocycles. The summed E-state index contributed by atoms with van der Waals surface area (Å²) in [5.74, 6) is 0.527. The zero-order valence-corrected chi connectivity index (χ0v) is 10.6. The van der Waals surface area contributed by atoms with Gasteiger partial charge in [0.05, 0.1) is 20.2 Å². The highest BCUT2D eigenvalue weighted by Gasteiger charge is 2.13. The minimum atomic E-state index is -0.249. The van der Waals surface area contributed by atoms with Crippen LogP contribution in [-0.2, 0) is 22.6 Å². The van der Waals surface area contributed by atoms with Crippen LogP contribution in [-0.4, -0.2) is 51.3 Å². The fourth-order valence-electron chi connectivity index (χ4n) is 1.45. The third kappa shape index (κ3) is 4.10. The van der Waals surface area contributed by atoms with Gasteiger partial charge in [0.1, 0.15) is 0 Å². The molecule has 1 rings (SSSR count). The fraction of sp³-hybridized carbons (Fsp3) is 0.800.